The number of nitrogens with zero attached hydrogens (tertiary/aromatic N) is 3. The van der Waals surface area contributed by atoms with E-state index in [-0.39, 0.29) is 6.54 Å². The fourth-order valence-corrected chi connectivity index (χ4v) is 2.28. The van der Waals surface area contributed by atoms with Gasteiger partial charge < -0.3 is 14.6 Å². The highest BCUT2D eigenvalue weighted by molar-refractivity contribution is 5.80. The molecule has 9 heteroatoms. The van der Waals surface area contributed by atoms with Gasteiger partial charge in [0.2, 0.25) is 5.91 Å². The van der Waals surface area contributed by atoms with Gasteiger partial charge in [0.05, 0.1) is 6.54 Å². The van der Waals surface area contributed by atoms with Crippen LogP contribution in [0.2, 0.25) is 0 Å². The molecule has 1 amide bonds. The zero-order valence-corrected chi connectivity index (χ0v) is 12.3. The Morgan fingerprint density at radius 3 is 2.86 bits per heavy atom. The molecule has 2 heterocycles. The maximum atomic E-state index is 12.0. The van der Waals surface area contributed by atoms with Crippen LogP contribution in [0.15, 0.2) is 0 Å². The topological polar surface area (TPSA) is 69.0 Å². The minimum atomic E-state index is -4.45. The van der Waals surface area contributed by atoms with Crippen LogP contribution in [-0.4, -0.2) is 39.6 Å². The molecular weight excluding hydrogens is 301 g/mol. The van der Waals surface area contributed by atoms with Crippen molar-refractivity contribution in [3.05, 3.63) is 11.6 Å². The van der Waals surface area contributed by atoms with Crippen LogP contribution in [0.5, 0.6) is 0 Å². The number of hydrogen-bond acceptors (Lipinski definition) is 4. The molecule has 1 aromatic rings. The second kappa shape index (κ2) is 7.08. The molecule has 0 aromatic carbocycles. The molecule has 0 unspecified atom stereocenters. The summed E-state index contributed by atoms with van der Waals surface area (Å²) in [6.07, 6.45) is -1.56. The van der Waals surface area contributed by atoms with Crippen LogP contribution in [0, 0.1) is 0 Å². The molecule has 1 aliphatic rings. The Hall–Kier alpha value is -1.64. The molecule has 124 valence electrons. The number of alkyl halides is 3. The number of hydrogen-bond donors (Lipinski definition) is 1. The predicted molar refractivity (Wildman–Crippen MR) is 70.9 cm³/mol. The van der Waals surface area contributed by atoms with E-state index in [1.165, 1.54) is 6.92 Å². The van der Waals surface area contributed by atoms with E-state index in [9.17, 15) is 18.0 Å². The number of aromatic nitrogens is 3. The van der Waals surface area contributed by atoms with Crippen molar-refractivity contribution < 1.29 is 22.7 Å². The molecule has 6 nitrogen and oxygen atoms in total. The summed E-state index contributed by atoms with van der Waals surface area (Å²) in [6.45, 7) is 0.770. The lowest BCUT2D eigenvalue weighted by Crippen LogP contribution is -2.36. The molecule has 1 aromatic heterocycles. The zero-order chi connectivity index (χ0) is 16.2. The number of nitrogens with one attached hydrogen (secondary N) is 1. The standard InChI is InChI=1S/C13H19F3N4O2/c1-9(22-8-13(14,15)16)12(21)17-7-11-19-18-10-5-3-2-4-6-20(10)11/h9H,2-8H2,1H3,(H,17,21)/t9-/m0/s1. The van der Waals surface area contributed by atoms with Crippen molar-refractivity contribution >= 4 is 5.91 Å². The molecular formula is C13H19F3N4O2. The number of carbonyl (C=O) groups is 1. The fourth-order valence-electron chi connectivity index (χ4n) is 2.28. The molecule has 1 N–H and O–H groups in total. The maximum Gasteiger partial charge on any atom is 0.411 e. The molecule has 0 saturated carbocycles. The number of rotatable bonds is 5. The van der Waals surface area contributed by atoms with Crippen LogP contribution < -0.4 is 5.32 Å². The van der Waals surface area contributed by atoms with Gasteiger partial charge in [0, 0.05) is 13.0 Å². The second-order valence-electron chi connectivity index (χ2n) is 5.28. The summed E-state index contributed by atoms with van der Waals surface area (Å²) in [4.78, 5) is 11.7. The summed E-state index contributed by atoms with van der Waals surface area (Å²) < 4.78 is 42.6. The van der Waals surface area contributed by atoms with Crippen molar-refractivity contribution in [1.29, 1.82) is 0 Å². The summed E-state index contributed by atoms with van der Waals surface area (Å²) in [5.41, 5.74) is 0. The van der Waals surface area contributed by atoms with Crippen molar-refractivity contribution in [2.45, 2.75) is 58.0 Å². The number of carbonyl (C=O) groups excluding carboxylic acids is 1. The van der Waals surface area contributed by atoms with Crippen LogP contribution in [-0.2, 0) is 29.0 Å². The van der Waals surface area contributed by atoms with E-state index in [1.54, 1.807) is 0 Å². The van der Waals surface area contributed by atoms with Gasteiger partial charge >= 0.3 is 6.18 Å². The molecule has 0 fully saturated rings. The summed E-state index contributed by atoms with van der Waals surface area (Å²) >= 11 is 0. The number of aryl methyl sites for hydroxylation is 1. The van der Waals surface area contributed by atoms with Gasteiger partial charge in [-0.15, -0.1) is 10.2 Å². The van der Waals surface area contributed by atoms with E-state index >= 15 is 0 Å². The maximum absolute atomic E-state index is 12.0. The average molecular weight is 320 g/mol. The van der Waals surface area contributed by atoms with Crippen molar-refractivity contribution in [1.82, 2.24) is 20.1 Å². The van der Waals surface area contributed by atoms with Crippen LogP contribution >= 0.6 is 0 Å². The Morgan fingerprint density at radius 1 is 1.36 bits per heavy atom. The normalized spacial score (nSPS) is 16.7. The lowest BCUT2D eigenvalue weighted by molar-refractivity contribution is -0.185. The summed E-state index contributed by atoms with van der Waals surface area (Å²) in [5, 5.41) is 10.7. The molecule has 1 atom stereocenters. The minimum absolute atomic E-state index is 0.131. The Bertz CT molecular complexity index is 516. The highest BCUT2D eigenvalue weighted by Gasteiger charge is 2.30. The molecule has 2 rings (SSSR count). The predicted octanol–water partition coefficient (Wildman–Crippen LogP) is 1.59. The largest absolute Gasteiger partial charge is 0.411 e. The van der Waals surface area contributed by atoms with Gasteiger partial charge in [-0.25, -0.2) is 0 Å². The molecule has 0 radical (unpaired) electrons. The first-order valence-electron chi connectivity index (χ1n) is 7.24. The Morgan fingerprint density at radius 2 is 2.14 bits per heavy atom. The van der Waals surface area contributed by atoms with Crippen LogP contribution in [0.1, 0.15) is 37.8 Å². The van der Waals surface area contributed by atoms with Crippen LogP contribution in [0.4, 0.5) is 13.2 Å². The lowest BCUT2D eigenvalue weighted by atomic mass is 10.2. The SMILES string of the molecule is C[C@H](OCC(F)(F)F)C(=O)NCc1nnc2n1CCCCC2. The quantitative estimate of drug-likeness (QED) is 0.894. The van der Waals surface area contributed by atoms with E-state index in [0.29, 0.717) is 5.82 Å². The third-order valence-corrected chi connectivity index (χ3v) is 3.47. The van der Waals surface area contributed by atoms with Crippen LogP contribution in [0.3, 0.4) is 0 Å². The van der Waals surface area contributed by atoms with E-state index in [4.69, 9.17) is 0 Å². The van der Waals surface area contributed by atoms with Crippen LogP contribution in [0.25, 0.3) is 0 Å². The van der Waals surface area contributed by atoms with Gasteiger partial charge in [-0.1, -0.05) is 6.42 Å². The zero-order valence-electron chi connectivity index (χ0n) is 12.3. The Labute approximate surface area is 126 Å². The molecule has 0 bridgehead atoms. The van der Waals surface area contributed by atoms with E-state index in [1.807, 2.05) is 4.57 Å². The van der Waals surface area contributed by atoms with Gasteiger partial charge in [-0.05, 0) is 19.8 Å². The Kier molecular flexibility index (Phi) is 5.38. The molecule has 0 aliphatic carbocycles. The summed E-state index contributed by atoms with van der Waals surface area (Å²) in [5.74, 6) is 0.909. The van der Waals surface area contributed by atoms with Gasteiger partial charge in [-0.3, -0.25) is 4.79 Å². The van der Waals surface area contributed by atoms with Crippen molar-refractivity contribution in [3.63, 3.8) is 0 Å². The van der Waals surface area contributed by atoms with Gasteiger partial charge in [0.1, 0.15) is 18.5 Å². The third kappa shape index (κ3) is 4.69. The molecule has 0 saturated heterocycles. The van der Waals surface area contributed by atoms with E-state index in [2.05, 4.69) is 20.3 Å². The van der Waals surface area contributed by atoms with Gasteiger partial charge in [0.15, 0.2) is 5.82 Å². The average Bonchev–Trinajstić information content (AvgIpc) is 2.68. The minimum Gasteiger partial charge on any atom is -0.359 e. The smallest absolute Gasteiger partial charge is 0.359 e. The second-order valence-corrected chi connectivity index (χ2v) is 5.28. The molecule has 22 heavy (non-hydrogen) atoms. The third-order valence-electron chi connectivity index (χ3n) is 3.47. The summed E-state index contributed by atoms with van der Waals surface area (Å²) in [6, 6.07) is 0. The number of ether oxygens (including phenoxy) is 1. The summed E-state index contributed by atoms with van der Waals surface area (Å²) in [7, 11) is 0. The first kappa shape index (κ1) is 16.7. The number of amides is 1. The number of halogens is 3. The van der Waals surface area contributed by atoms with Crippen molar-refractivity contribution in [3.8, 4) is 0 Å². The first-order chi connectivity index (χ1) is 10.4. The highest BCUT2D eigenvalue weighted by Crippen LogP contribution is 2.16. The monoisotopic (exact) mass is 320 g/mol. The van der Waals surface area contributed by atoms with Gasteiger partial charge in [0.25, 0.3) is 0 Å². The molecule has 1 aliphatic heterocycles. The van der Waals surface area contributed by atoms with Crippen molar-refractivity contribution in [2.24, 2.45) is 0 Å². The number of fused-ring (bicyclic) bond motifs is 1. The van der Waals surface area contributed by atoms with E-state index < -0.39 is 24.8 Å². The van der Waals surface area contributed by atoms with Gasteiger partial charge in [-0.2, -0.15) is 13.2 Å². The van der Waals surface area contributed by atoms with Crippen molar-refractivity contribution in [2.75, 3.05) is 6.61 Å². The van der Waals surface area contributed by atoms with E-state index in [0.717, 1.165) is 38.1 Å². The Balaban J connectivity index is 1.85. The lowest BCUT2D eigenvalue weighted by Gasteiger charge is -2.15. The molecule has 0 spiro atoms. The first-order valence-corrected chi connectivity index (χ1v) is 7.24. The fraction of sp³-hybridized carbons (Fsp3) is 0.769. The highest BCUT2D eigenvalue weighted by atomic mass is 19.4.